The summed E-state index contributed by atoms with van der Waals surface area (Å²) in [6.45, 7) is 6.54. The Bertz CT molecular complexity index is 439. The summed E-state index contributed by atoms with van der Waals surface area (Å²) in [5.41, 5.74) is 2.79. The molecule has 0 heterocycles. The monoisotopic (exact) mass is 352 g/mol. The van der Waals surface area contributed by atoms with Crippen molar-refractivity contribution in [2.75, 3.05) is 18.5 Å². The normalized spacial score (nSPS) is 16.4. The average molecular weight is 353 g/mol. The SMILES string of the molecule is CC(C)CNCc1ccc(Br)cc1N(C)C1CCCCC1. The van der Waals surface area contributed by atoms with E-state index < -0.39 is 0 Å². The highest BCUT2D eigenvalue weighted by Gasteiger charge is 2.20. The Kier molecular flexibility index (Phi) is 6.56. The van der Waals surface area contributed by atoms with E-state index in [9.17, 15) is 0 Å². The van der Waals surface area contributed by atoms with E-state index in [1.807, 2.05) is 0 Å². The number of nitrogens with zero attached hydrogens (tertiary/aromatic N) is 1. The molecule has 0 saturated heterocycles. The van der Waals surface area contributed by atoms with Crippen LogP contribution in [0.1, 0.15) is 51.5 Å². The molecule has 2 nitrogen and oxygen atoms in total. The van der Waals surface area contributed by atoms with Crippen molar-refractivity contribution in [3.8, 4) is 0 Å². The first-order chi connectivity index (χ1) is 10.1. The van der Waals surface area contributed by atoms with Gasteiger partial charge >= 0.3 is 0 Å². The standard InChI is InChI=1S/C18H29BrN2/c1-14(2)12-20-13-15-9-10-16(19)11-18(15)21(3)17-7-5-4-6-8-17/h9-11,14,17,20H,4-8,12-13H2,1-3H3. The molecule has 1 saturated carbocycles. The second-order valence-electron chi connectivity index (χ2n) is 6.70. The summed E-state index contributed by atoms with van der Waals surface area (Å²) >= 11 is 3.63. The average Bonchev–Trinajstić information content (AvgIpc) is 2.48. The zero-order valence-electron chi connectivity index (χ0n) is 13.7. The molecule has 1 aromatic rings. The van der Waals surface area contributed by atoms with Crippen LogP contribution in [0.3, 0.4) is 0 Å². The van der Waals surface area contributed by atoms with Crippen molar-refractivity contribution >= 4 is 21.6 Å². The van der Waals surface area contributed by atoms with E-state index in [2.05, 4.69) is 65.2 Å². The molecule has 0 radical (unpaired) electrons. The minimum absolute atomic E-state index is 0.694. The maximum absolute atomic E-state index is 3.63. The van der Waals surface area contributed by atoms with Crippen LogP contribution in [0.25, 0.3) is 0 Å². The molecule has 0 amide bonds. The van der Waals surface area contributed by atoms with Crippen LogP contribution in [-0.2, 0) is 6.54 Å². The molecule has 0 bridgehead atoms. The summed E-state index contributed by atoms with van der Waals surface area (Å²) < 4.78 is 1.17. The first-order valence-electron chi connectivity index (χ1n) is 8.30. The Hall–Kier alpha value is -0.540. The number of halogens is 1. The Labute approximate surface area is 138 Å². The van der Waals surface area contributed by atoms with E-state index in [0.29, 0.717) is 12.0 Å². The van der Waals surface area contributed by atoms with Crippen LogP contribution >= 0.6 is 15.9 Å². The summed E-state index contributed by atoms with van der Waals surface area (Å²) in [5.74, 6) is 0.694. The van der Waals surface area contributed by atoms with Crippen molar-refractivity contribution in [2.45, 2.75) is 58.5 Å². The molecule has 1 fully saturated rings. The number of rotatable bonds is 6. The van der Waals surface area contributed by atoms with E-state index in [1.165, 1.54) is 47.8 Å². The third kappa shape index (κ3) is 5.00. The van der Waals surface area contributed by atoms with Crippen LogP contribution in [-0.4, -0.2) is 19.6 Å². The van der Waals surface area contributed by atoms with Crippen molar-refractivity contribution in [1.29, 1.82) is 0 Å². The van der Waals surface area contributed by atoms with Crippen LogP contribution in [0.5, 0.6) is 0 Å². The highest BCUT2D eigenvalue weighted by atomic mass is 79.9. The zero-order valence-corrected chi connectivity index (χ0v) is 15.2. The Morgan fingerprint density at radius 1 is 1.24 bits per heavy atom. The maximum Gasteiger partial charge on any atom is 0.0423 e. The highest BCUT2D eigenvalue weighted by molar-refractivity contribution is 9.10. The smallest absolute Gasteiger partial charge is 0.0423 e. The summed E-state index contributed by atoms with van der Waals surface area (Å²) in [6, 6.07) is 7.40. The van der Waals surface area contributed by atoms with Crippen molar-refractivity contribution in [2.24, 2.45) is 5.92 Å². The van der Waals surface area contributed by atoms with Crippen molar-refractivity contribution in [3.63, 3.8) is 0 Å². The molecule has 21 heavy (non-hydrogen) atoms. The quantitative estimate of drug-likeness (QED) is 0.777. The molecule has 0 unspecified atom stereocenters. The van der Waals surface area contributed by atoms with E-state index in [1.54, 1.807) is 0 Å². The van der Waals surface area contributed by atoms with Gasteiger partial charge in [-0.15, -0.1) is 0 Å². The van der Waals surface area contributed by atoms with Gasteiger partial charge in [-0.3, -0.25) is 0 Å². The molecule has 0 spiro atoms. The fraction of sp³-hybridized carbons (Fsp3) is 0.667. The summed E-state index contributed by atoms with van der Waals surface area (Å²) in [4.78, 5) is 2.51. The van der Waals surface area contributed by atoms with Gasteiger partial charge in [0.25, 0.3) is 0 Å². The van der Waals surface area contributed by atoms with E-state index in [4.69, 9.17) is 0 Å². The second-order valence-corrected chi connectivity index (χ2v) is 7.62. The first kappa shape index (κ1) is 16.8. The lowest BCUT2D eigenvalue weighted by Gasteiger charge is -2.34. The van der Waals surface area contributed by atoms with Gasteiger partial charge in [-0.1, -0.05) is 55.1 Å². The van der Waals surface area contributed by atoms with Crippen molar-refractivity contribution in [1.82, 2.24) is 5.32 Å². The summed E-state index contributed by atoms with van der Waals surface area (Å²) in [5, 5.41) is 3.58. The number of hydrogen-bond donors (Lipinski definition) is 1. The Balaban J connectivity index is 2.09. The molecule has 3 heteroatoms. The molecule has 1 aliphatic carbocycles. The van der Waals surface area contributed by atoms with Crippen LogP contribution in [0, 0.1) is 5.92 Å². The van der Waals surface area contributed by atoms with Crippen molar-refractivity contribution < 1.29 is 0 Å². The zero-order chi connectivity index (χ0) is 15.2. The van der Waals surface area contributed by atoms with Crippen molar-refractivity contribution in [3.05, 3.63) is 28.2 Å². The van der Waals surface area contributed by atoms with Gasteiger partial charge in [0.15, 0.2) is 0 Å². The number of hydrogen-bond acceptors (Lipinski definition) is 2. The molecule has 1 aromatic carbocycles. The molecule has 0 atom stereocenters. The summed E-state index contributed by atoms with van der Waals surface area (Å²) in [7, 11) is 2.27. The number of nitrogens with one attached hydrogen (secondary N) is 1. The van der Waals surface area contributed by atoms with Gasteiger partial charge in [-0.05, 0) is 43.0 Å². The lowest BCUT2D eigenvalue weighted by Crippen LogP contribution is -2.34. The molecule has 118 valence electrons. The number of anilines is 1. The lowest BCUT2D eigenvalue weighted by molar-refractivity contribution is 0.427. The predicted molar refractivity (Wildman–Crippen MR) is 96.0 cm³/mol. The largest absolute Gasteiger partial charge is 0.371 e. The van der Waals surface area contributed by atoms with E-state index >= 15 is 0 Å². The molecule has 0 aliphatic heterocycles. The van der Waals surface area contributed by atoms with E-state index in [-0.39, 0.29) is 0 Å². The fourth-order valence-electron chi connectivity index (χ4n) is 3.18. The Morgan fingerprint density at radius 3 is 2.62 bits per heavy atom. The third-order valence-corrected chi connectivity index (χ3v) is 4.91. The van der Waals surface area contributed by atoms with Gasteiger partial charge in [0.1, 0.15) is 0 Å². The van der Waals surface area contributed by atoms with Gasteiger partial charge in [0.05, 0.1) is 0 Å². The van der Waals surface area contributed by atoms with Crippen LogP contribution < -0.4 is 10.2 Å². The predicted octanol–water partition coefficient (Wildman–Crippen LogP) is 4.96. The fourth-order valence-corrected chi connectivity index (χ4v) is 3.52. The van der Waals surface area contributed by atoms with Gasteiger partial charge in [0.2, 0.25) is 0 Å². The Morgan fingerprint density at radius 2 is 1.95 bits per heavy atom. The van der Waals surface area contributed by atoms with Gasteiger partial charge in [-0.25, -0.2) is 0 Å². The van der Waals surface area contributed by atoms with Gasteiger partial charge < -0.3 is 10.2 Å². The summed E-state index contributed by atoms with van der Waals surface area (Å²) in [6.07, 6.45) is 6.84. The minimum atomic E-state index is 0.694. The molecular weight excluding hydrogens is 324 g/mol. The first-order valence-corrected chi connectivity index (χ1v) is 9.09. The molecule has 0 aromatic heterocycles. The van der Waals surface area contributed by atoms with Crippen LogP contribution in [0.4, 0.5) is 5.69 Å². The third-order valence-electron chi connectivity index (χ3n) is 4.42. The van der Waals surface area contributed by atoms with Gasteiger partial charge in [-0.2, -0.15) is 0 Å². The second kappa shape index (κ2) is 8.19. The van der Waals surface area contributed by atoms with Gasteiger partial charge in [0, 0.05) is 29.8 Å². The van der Waals surface area contributed by atoms with E-state index in [0.717, 1.165) is 13.1 Å². The highest BCUT2D eigenvalue weighted by Crippen LogP contribution is 2.30. The lowest BCUT2D eigenvalue weighted by atomic mass is 9.94. The minimum Gasteiger partial charge on any atom is -0.371 e. The van der Waals surface area contributed by atoms with Crippen LogP contribution in [0.15, 0.2) is 22.7 Å². The molecule has 1 N–H and O–H groups in total. The number of benzene rings is 1. The molecule has 2 rings (SSSR count). The maximum atomic E-state index is 3.63. The molecular formula is C18H29BrN2. The molecule has 1 aliphatic rings. The van der Waals surface area contributed by atoms with Crippen LogP contribution in [0.2, 0.25) is 0 Å². The topological polar surface area (TPSA) is 15.3 Å².